The van der Waals surface area contributed by atoms with Crippen molar-refractivity contribution in [3.05, 3.63) is 55.8 Å². The average molecular weight is 400 g/mol. The summed E-state index contributed by atoms with van der Waals surface area (Å²) in [5.74, 6) is -0.433. The topological polar surface area (TPSA) is 116 Å². The quantitative estimate of drug-likeness (QED) is 0.420. The van der Waals surface area contributed by atoms with Crippen LogP contribution in [-0.4, -0.2) is 38.7 Å². The van der Waals surface area contributed by atoms with Crippen molar-refractivity contribution in [2.24, 2.45) is 5.92 Å². The molecule has 0 bridgehead atoms. The highest BCUT2D eigenvalue weighted by Crippen LogP contribution is 2.14. The first-order valence-electron chi connectivity index (χ1n) is 8.71. The van der Waals surface area contributed by atoms with E-state index in [0.29, 0.717) is 11.1 Å². The fraction of sp³-hybridized carbons (Fsp3) is 0.588. The summed E-state index contributed by atoms with van der Waals surface area (Å²) in [6.07, 6.45) is 0. The maximum Gasteiger partial charge on any atom is 0.495 e. The third kappa shape index (κ3) is 6.28. The lowest BCUT2D eigenvalue weighted by atomic mass is 10.2. The first kappa shape index (κ1) is 23.0. The molecule has 0 spiro atoms. The van der Waals surface area contributed by atoms with Crippen molar-refractivity contribution < 1.29 is 14.0 Å². The van der Waals surface area contributed by atoms with Gasteiger partial charge in [-0.3, -0.25) is 0 Å². The molecular weight excluding hydrogens is 370 g/mol. The second-order valence-electron chi connectivity index (χ2n) is 7.03. The van der Waals surface area contributed by atoms with Crippen molar-refractivity contribution >= 4 is 8.80 Å². The van der Waals surface area contributed by atoms with Crippen LogP contribution in [0.5, 0.6) is 0 Å². The Hall–Kier alpha value is -2.01. The molecule has 0 aliphatic heterocycles. The van der Waals surface area contributed by atoms with Crippen molar-refractivity contribution in [1.29, 1.82) is 0 Å². The summed E-state index contributed by atoms with van der Waals surface area (Å²) in [5, 5.41) is 0. The van der Waals surface area contributed by atoms with Crippen LogP contribution < -0.4 is 17.1 Å². The van der Waals surface area contributed by atoms with Crippen LogP contribution in [-0.2, 0) is 24.1 Å². The van der Waals surface area contributed by atoms with Gasteiger partial charge in [-0.25, -0.2) is 28.1 Å². The second kappa shape index (κ2) is 9.26. The smallest absolute Gasteiger partial charge is 0.390 e. The summed E-state index contributed by atoms with van der Waals surface area (Å²) in [7, 11) is -3.87. The highest BCUT2D eigenvalue weighted by molar-refractivity contribution is 6.57. The molecule has 1 aromatic heterocycles. The molecule has 0 aliphatic carbocycles. The molecule has 0 saturated heterocycles. The fourth-order valence-corrected chi connectivity index (χ4v) is 4.39. The lowest BCUT2D eigenvalue weighted by Gasteiger charge is -2.22. The van der Waals surface area contributed by atoms with Gasteiger partial charge < -0.3 is 14.0 Å². The second-order valence-corrected chi connectivity index (χ2v) is 9.21. The molecule has 0 aliphatic rings. The van der Waals surface area contributed by atoms with E-state index in [-0.39, 0.29) is 32.3 Å². The molecule has 1 rings (SSSR count). The highest BCUT2D eigenvalue weighted by atomic mass is 28.4. The zero-order valence-electron chi connectivity index (χ0n) is 16.4. The molecule has 1 aromatic rings. The van der Waals surface area contributed by atoms with Gasteiger partial charge in [0.25, 0.3) is 0 Å². The van der Waals surface area contributed by atoms with Crippen molar-refractivity contribution in [2.45, 2.75) is 53.4 Å². The third-order valence-electron chi connectivity index (χ3n) is 3.73. The lowest BCUT2D eigenvalue weighted by Crippen LogP contribution is -2.55. The molecule has 0 saturated carbocycles. The summed E-state index contributed by atoms with van der Waals surface area (Å²) in [4.78, 5) is 57.8. The van der Waals surface area contributed by atoms with E-state index in [0.717, 1.165) is 13.7 Å². The minimum atomic E-state index is -3.87. The van der Waals surface area contributed by atoms with Gasteiger partial charge in [0.15, 0.2) is 0 Å². The Balaban J connectivity index is 3.42. The van der Waals surface area contributed by atoms with Crippen molar-refractivity contribution in [3.63, 3.8) is 0 Å². The Morgan fingerprint density at radius 1 is 1.00 bits per heavy atom. The predicted octanol–water partition coefficient (Wildman–Crippen LogP) is -0.0800. The van der Waals surface area contributed by atoms with Crippen LogP contribution >= 0.6 is 0 Å². The molecule has 0 amide bonds. The van der Waals surface area contributed by atoms with Gasteiger partial charge in [0.1, 0.15) is 0 Å². The number of hydrogen-bond donors (Lipinski definition) is 2. The van der Waals surface area contributed by atoms with Crippen LogP contribution in [0.15, 0.2) is 38.7 Å². The van der Waals surface area contributed by atoms with Gasteiger partial charge in [-0.15, -0.1) is 0 Å². The van der Waals surface area contributed by atoms with E-state index in [1.165, 1.54) is 0 Å². The minimum absolute atomic E-state index is 0.0137. The van der Waals surface area contributed by atoms with Gasteiger partial charge in [-0.05, 0) is 26.7 Å². The molecular formula is C17H29N3O6Si. The number of nitrogens with zero attached hydrogens (tertiary/aromatic N) is 3. The Labute approximate surface area is 158 Å². The van der Waals surface area contributed by atoms with Gasteiger partial charge in [0.05, 0.1) is 13.1 Å². The standard InChI is InChI=1S/C17H29N3O6Si/c1-7-26-27(24,25)11-14(6)10-20-16(22)18(8-12(2)3)15(21)19(17(20)23)9-13(4)5/h14,24-25H,2,4,7-11H2,1,3,5-6H3. The normalized spacial score (nSPS) is 12.8. The molecule has 1 atom stereocenters. The van der Waals surface area contributed by atoms with Crippen LogP contribution in [0, 0.1) is 5.92 Å². The van der Waals surface area contributed by atoms with Gasteiger partial charge in [0, 0.05) is 19.2 Å². The maximum absolute atomic E-state index is 12.7. The predicted molar refractivity (Wildman–Crippen MR) is 105 cm³/mol. The van der Waals surface area contributed by atoms with Gasteiger partial charge in [0.2, 0.25) is 0 Å². The van der Waals surface area contributed by atoms with Crippen LogP contribution in [0.25, 0.3) is 0 Å². The SMILES string of the molecule is C=C(C)Cn1c(=O)n(CC(=C)C)c(=O)n(CC(C)C[Si](O)(O)OCC)c1=O. The molecule has 2 N–H and O–H groups in total. The molecule has 27 heavy (non-hydrogen) atoms. The van der Waals surface area contributed by atoms with E-state index in [2.05, 4.69) is 13.2 Å². The van der Waals surface area contributed by atoms with E-state index in [1.807, 2.05) is 0 Å². The number of allylic oxidation sites excluding steroid dienone is 2. The number of rotatable bonds is 10. The zero-order chi connectivity index (χ0) is 20.9. The van der Waals surface area contributed by atoms with E-state index < -0.39 is 31.8 Å². The van der Waals surface area contributed by atoms with E-state index in [1.54, 1.807) is 27.7 Å². The Bertz CT molecular complexity index is 826. The highest BCUT2D eigenvalue weighted by Gasteiger charge is 2.34. The minimum Gasteiger partial charge on any atom is -0.390 e. The molecule has 152 valence electrons. The van der Waals surface area contributed by atoms with Crippen LogP contribution in [0.1, 0.15) is 27.7 Å². The molecule has 0 aromatic carbocycles. The Kier molecular flexibility index (Phi) is 7.90. The summed E-state index contributed by atoms with van der Waals surface area (Å²) >= 11 is 0. The molecule has 10 heteroatoms. The van der Waals surface area contributed by atoms with E-state index in [4.69, 9.17) is 4.43 Å². The first-order valence-corrected chi connectivity index (χ1v) is 10.7. The monoisotopic (exact) mass is 399 g/mol. The maximum atomic E-state index is 12.7. The van der Waals surface area contributed by atoms with E-state index in [9.17, 15) is 24.0 Å². The van der Waals surface area contributed by atoms with Crippen molar-refractivity contribution in [3.8, 4) is 0 Å². The molecule has 0 fully saturated rings. The number of aromatic nitrogens is 3. The summed E-state index contributed by atoms with van der Waals surface area (Å²) < 4.78 is 7.81. The Morgan fingerprint density at radius 2 is 1.41 bits per heavy atom. The van der Waals surface area contributed by atoms with Crippen molar-refractivity contribution in [2.75, 3.05) is 6.61 Å². The molecule has 0 radical (unpaired) electrons. The van der Waals surface area contributed by atoms with Crippen LogP contribution in [0.4, 0.5) is 0 Å². The first-order chi connectivity index (χ1) is 12.4. The fourth-order valence-electron chi connectivity index (χ4n) is 2.77. The average Bonchev–Trinajstić information content (AvgIpc) is 2.51. The zero-order valence-corrected chi connectivity index (χ0v) is 17.4. The lowest BCUT2D eigenvalue weighted by molar-refractivity contribution is 0.148. The summed E-state index contributed by atoms with van der Waals surface area (Å²) in [6.45, 7) is 14.1. The van der Waals surface area contributed by atoms with E-state index >= 15 is 0 Å². The molecule has 1 unspecified atom stereocenters. The molecule has 9 nitrogen and oxygen atoms in total. The summed E-state index contributed by atoms with van der Waals surface area (Å²) in [5.41, 5.74) is -1.05. The van der Waals surface area contributed by atoms with Gasteiger partial charge in [-0.2, -0.15) is 0 Å². The van der Waals surface area contributed by atoms with Crippen molar-refractivity contribution in [1.82, 2.24) is 13.7 Å². The van der Waals surface area contributed by atoms with Gasteiger partial charge in [-0.1, -0.05) is 31.2 Å². The molecule has 1 heterocycles. The third-order valence-corrected chi connectivity index (χ3v) is 5.71. The Morgan fingerprint density at radius 3 is 1.78 bits per heavy atom. The van der Waals surface area contributed by atoms with Gasteiger partial charge >= 0.3 is 25.9 Å². The summed E-state index contributed by atoms with van der Waals surface area (Å²) in [6, 6.07) is -0.0766. The largest absolute Gasteiger partial charge is 0.495 e. The van der Waals surface area contributed by atoms with Crippen LogP contribution in [0.3, 0.4) is 0 Å². The van der Waals surface area contributed by atoms with Crippen LogP contribution in [0.2, 0.25) is 6.04 Å². The number of hydrogen-bond acceptors (Lipinski definition) is 6.